The Morgan fingerprint density at radius 1 is 0.825 bits per heavy atom. The molecule has 0 heterocycles. The summed E-state index contributed by atoms with van der Waals surface area (Å²) >= 11 is 12.0. The van der Waals surface area contributed by atoms with Crippen molar-refractivity contribution < 1.29 is 26.4 Å². The Bertz CT molecular complexity index is 1730. The number of hydrogen-bond acceptors (Lipinski definition) is 6. The van der Waals surface area contributed by atoms with Gasteiger partial charge in [-0.1, -0.05) is 53.5 Å². The van der Waals surface area contributed by atoms with Crippen LogP contribution in [0.1, 0.15) is 0 Å². The van der Waals surface area contributed by atoms with Gasteiger partial charge in [-0.15, -0.1) is 0 Å². The number of benzene rings is 4. The van der Waals surface area contributed by atoms with E-state index in [1.165, 1.54) is 61.7 Å². The Balaban J connectivity index is 1.54. The molecule has 0 bridgehead atoms. The van der Waals surface area contributed by atoms with Gasteiger partial charge in [0.05, 0.1) is 38.3 Å². The van der Waals surface area contributed by atoms with Crippen molar-refractivity contribution in [2.45, 2.75) is 9.79 Å². The first-order valence-electron chi connectivity index (χ1n) is 11.6. The molecular formula is C27H23Cl2N3O6S2. The van der Waals surface area contributed by atoms with Crippen molar-refractivity contribution in [2.75, 3.05) is 28.0 Å². The average molecular weight is 621 g/mol. The van der Waals surface area contributed by atoms with Crippen LogP contribution in [0.4, 0.5) is 17.1 Å². The molecule has 4 aromatic rings. The number of halogens is 2. The zero-order valence-electron chi connectivity index (χ0n) is 20.9. The van der Waals surface area contributed by atoms with Crippen LogP contribution >= 0.6 is 23.2 Å². The van der Waals surface area contributed by atoms with Gasteiger partial charge in [0.1, 0.15) is 12.3 Å². The highest BCUT2D eigenvalue weighted by atomic mass is 35.5. The standard InChI is InChI=1S/C27H23Cl2N3O6S2/c1-38-21-8-5-7-20(17-21)32(40(36,37)23-9-3-2-4-10-23)18-26(33)30-19-13-15-22(16-14-19)39(34,35)31-25-12-6-11-24(28)27(25)29/h2-17,31H,18H2,1H3,(H,30,33). The van der Waals surface area contributed by atoms with Crippen LogP contribution in [0.15, 0.2) is 107 Å². The number of anilines is 3. The van der Waals surface area contributed by atoms with Crippen LogP contribution in [0.25, 0.3) is 0 Å². The zero-order valence-corrected chi connectivity index (χ0v) is 24.1. The molecule has 4 aromatic carbocycles. The van der Waals surface area contributed by atoms with Gasteiger partial charge in [-0.2, -0.15) is 0 Å². The van der Waals surface area contributed by atoms with Crippen molar-refractivity contribution in [2.24, 2.45) is 0 Å². The maximum atomic E-state index is 13.5. The number of rotatable bonds is 10. The van der Waals surface area contributed by atoms with Crippen LogP contribution in [0.2, 0.25) is 10.0 Å². The number of hydrogen-bond donors (Lipinski definition) is 2. The number of nitrogens with one attached hydrogen (secondary N) is 2. The summed E-state index contributed by atoms with van der Waals surface area (Å²) < 4.78 is 61.2. The Morgan fingerprint density at radius 3 is 2.17 bits per heavy atom. The molecular weight excluding hydrogens is 597 g/mol. The molecule has 0 saturated carbocycles. The molecule has 0 aliphatic rings. The van der Waals surface area contributed by atoms with E-state index < -0.39 is 32.5 Å². The molecule has 2 N–H and O–H groups in total. The average Bonchev–Trinajstić information content (AvgIpc) is 2.95. The van der Waals surface area contributed by atoms with Crippen LogP contribution in [0.3, 0.4) is 0 Å². The van der Waals surface area contributed by atoms with Crippen LogP contribution in [0.5, 0.6) is 5.75 Å². The lowest BCUT2D eigenvalue weighted by Gasteiger charge is -2.24. The normalized spacial score (nSPS) is 11.5. The van der Waals surface area contributed by atoms with E-state index in [9.17, 15) is 21.6 Å². The number of carbonyl (C=O) groups is 1. The highest BCUT2D eigenvalue weighted by Crippen LogP contribution is 2.31. The van der Waals surface area contributed by atoms with Crippen molar-refractivity contribution in [1.29, 1.82) is 0 Å². The fraction of sp³-hybridized carbons (Fsp3) is 0.0741. The molecule has 40 heavy (non-hydrogen) atoms. The summed E-state index contributed by atoms with van der Waals surface area (Å²) in [5.41, 5.74) is 0.599. The molecule has 0 atom stereocenters. The molecule has 208 valence electrons. The van der Waals surface area contributed by atoms with Crippen molar-refractivity contribution in [3.05, 3.63) is 107 Å². The minimum absolute atomic E-state index is 0.00693. The first-order chi connectivity index (χ1) is 19.0. The minimum atomic E-state index is -4.12. The predicted molar refractivity (Wildman–Crippen MR) is 156 cm³/mol. The number of amides is 1. The van der Waals surface area contributed by atoms with Crippen molar-refractivity contribution >= 4 is 66.2 Å². The molecule has 0 spiro atoms. The predicted octanol–water partition coefficient (Wildman–Crippen LogP) is 5.64. The van der Waals surface area contributed by atoms with Crippen molar-refractivity contribution in [3.63, 3.8) is 0 Å². The highest BCUT2D eigenvalue weighted by molar-refractivity contribution is 7.93. The first kappa shape index (κ1) is 29.2. The summed E-state index contributed by atoms with van der Waals surface area (Å²) in [4.78, 5) is 12.9. The lowest BCUT2D eigenvalue weighted by Crippen LogP contribution is -2.38. The monoisotopic (exact) mass is 619 g/mol. The molecule has 13 heteroatoms. The van der Waals surface area contributed by atoms with E-state index in [4.69, 9.17) is 27.9 Å². The molecule has 0 radical (unpaired) electrons. The maximum absolute atomic E-state index is 13.5. The Kier molecular flexibility index (Phi) is 8.89. The third-order valence-corrected chi connectivity index (χ3v) is 9.59. The largest absolute Gasteiger partial charge is 0.497 e. The van der Waals surface area contributed by atoms with Crippen molar-refractivity contribution in [3.8, 4) is 5.75 Å². The lowest BCUT2D eigenvalue weighted by atomic mass is 10.3. The Morgan fingerprint density at radius 2 is 1.50 bits per heavy atom. The molecule has 0 aromatic heterocycles. The van der Waals surface area contributed by atoms with E-state index in [-0.39, 0.29) is 36.9 Å². The summed E-state index contributed by atoms with van der Waals surface area (Å²) in [6.45, 7) is -0.556. The second-order valence-electron chi connectivity index (χ2n) is 8.31. The highest BCUT2D eigenvalue weighted by Gasteiger charge is 2.27. The second-order valence-corrected chi connectivity index (χ2v) is 12.6. The van der Waals surface area contributed by atoms with E-state index in [0.717, 1.165) is 4.31 Å². The van der Waals surface area contributed by atoms with E-state index >= 15 is 0 Å². The third kappa shape index (κ3) is 6.68. The number of carbonyl (C=O) groups excluding carboxylic acids is 1. The number of methoxy groups -OCH3 is 1. The fourth-order valence-electron chi connectivity index (χ4n) is 3.64. The smallest absolute Gasteiger partial charge is 0.264 e. The maximum Gasteiger partial charge on any atom is 0.264 e. The molecule has 0 saturated heterocycles. The van der Waals surface area contributed by atoms with Crippen LogP contribution in [-0.4, -0.2) is 36.4 Å². The summed E-state index contributed by atoms with van der Waals surface area (Å²) in [6.07, 6.45) is 0. The summed E-state index contributed by atoms with van der Waals surface area (Å²) in [5, 5.41) is 2.86. The van der Waals surface area contributed by atoms with E-state index in [0.29, 0.717) is 5.75 Å². The van der Waals surface area contributed by atoms with E-state index in [1.54, 1.807) is 42.5 Å². The van der Waals surface area contributed by atoms with Gasteiger partial charge < -0.3 is 10.1 Å². The zero-order chi connectivity index (χ0) is 28.9. The number of ether oxygens (including phenoxy) is 1. The fourth-order valence-corrected chi connectivity index (χ4v) is 6.54. The molecule has 0 aliphatic carbocycles. The molecule has 9 nitrogen and oxygen atoms in total. The van der Waals surface area contributed by atoms with Gasteiger partial charge in [0, 0.05) is 11.8 Å². The number of sulfonamides is 2. The molecule has 0 fully saturated rings. The van der Waals surface area contributed by atoms with Gasteiger partial charge in [0.25, 0.3) is 20.0 Å². The van der Waals surface area contributed by atoms with Crippen LogP contribution in [-0.2, 0) is 24.8 Å². The van der Waals surface area contributed by atoms with Crippen molar-refractivity contribution in [1.82, 2.24) is 0 Å². The Hall–Kier alpha value is -3.77. The number of nitrogens with zero attached hydrogens (tertiary/aromatic N) is 1. The quantitative estimate of drug-likeness (QED) is 0.237. The third-order valence-electron chi connectivity index (χ3n) is 5.60. The molecule has 0 aliphatic heterocycles. The van der Waals surface area contributed by atoms with Crippen LogP contribution in [0, 0.1) is 0 Å². The topological polar surface area (TPSA) is 122 Å². The van der Waals surface area contributed by atoms with Crippen LogP contribution < -0.4 is 19.1 Å². The van der Waals surface area contributed by atoms with Gasteiger partial charge in [-0.25, -0.2) is 16.8 Å². The van der Waals surface area contributed by atoms with Gasteiger partial charge in [0.15, 0.2) is 0 Å². The Labute approximate surface area is 242 Å². The minimum Gasteiger partial charge on any atom is -0.497 e. The second kappa shape index (κ2) is 12.2. The first-order valence-corrected chi connectivity index (χ1v) is 15.3. The SMILES string of the molecule is COc1cccc(N(CC(=O)Nc2ccc(S(=O)(=O)Nc3cccc(Cl)c3Cl)cc2)S(=O)(=O)c2ccccc2)c1. The van der Waals surface area contributed by atoms with Gasteiger partial charge in [-0.3, -0.25) is 13.8 Å². The molecule has 1 amide bonds. The molecule has 0 unspecified atom stereocenters. The summed E-state index contributed by atoms with van der Waals surface area (Å²) in [5.74, 6) is -0.239. The molecule has 4 rings (SSSR count). The summed E-state index contributed by atoms with van der Waals surface area (Å²) in [6, 6.07) is 23.9. The van der Waals surface area contributed by atoms with Gasteiger partial charge in [-0.05, 0) is 60.7 Å². The van der Waals surface area contributed by atoms with Gasteiger partial charge in [0.2, 0.25) is 5.91 Å². The lowest BCUT2D eigenvalue weighted by molar-refractivity contribution is -0.114. The van der Waals surface area contributed by atoms with E-state index in [2.05, 4.69) is 10.0 Å². The van der Waals surface area contributed by atoms with E-state index in [1.807, 2.05) is 0 Å². The summed E-state index contributed by atoms with van der Waals surface area (Å²) in [7, 11) is -6.69. The van der Waals surface area contributed by atoms with Gasteiger partial charge >= 0.3 is 0 Å².